The lowest BCUT2D eigenvalue weighted by molar-refractivity contribution is 0.0999. The summed E-state index contributed by atoms with van der Waals surface area (Å²) < 4.78 is 18.0. The first-order valence-electron chi connectivity index (χ1n) is 11.7. The Labute approximate surface area is 198 Å². The maximum absolute atomic E-state index is 12.7. The Bertz CT molecular complexity index is 1010. The quantitative estimate of drug-likeness (QED) is 0.642. The standard InChI is InChI=1S/C13H16N2O2.C12H14FN3O/c14-12-10-6-15(7-11(10)12)13(16)17-8-9-4-2-1-3-5-9;13-7-1-3-8(4-2-7)15-12(17)16-5-9-10(6-16)11(9)14/h1-5,10-12H,6-8,14H2;1-4,9-11H,5-6,14H2,(H,15,17). The van der Waals surface area contributed by atoms with Crippen LogP contribution < -0.4 is 16.8 Å². The third kappa shape index (κ3) is 4.85. The summed E-state index contributed by atoms with van der Waals surface area (Å²) in [5.41, 5.74) is 13.3. The number of rotatable bonds is 3. The third-order valence-corrected chi connectivity index (χ3v) is 7.37. The van der Waals surface area contributed by atoms with Gasteiger partial charge in [-0.25, -0.2) is 14.0 Å². The number of anilines is 1. The first-order valence-corrected chi connectivity index (χ1v) is 11.7. The fourth-order valence-corrected chi connectivity index (χ4v) is 5.01. The summed E-state index contributed by atoms with van der Waals surface area (Å²) in [5.74, 6) is 1.68. The summed E-state index contributed by atoms with van der Waals surface area (Å²) in [6, 6.07) is 15.9. The predicted molar refractivity (Wildman–Crippen MR) is 125 cm³/mol. The van der Waals surface area contributed by atoms with Gasteiger partial charge in [-0.05, 0) is 53.5 Å². The highest BCUT2D eigenvalue weighted by molar-refractivity contribution is 5.89. The largest absolute Gasteiger partial charge is 0.445 e. The number of hydrogen-bond acceptors (Lipinski definition) is 5. The molecule has 4 aliphatic rings. The molecule has 2 aromatic carbocycles. The van der Waals surface area contributed by atoms with Gasteiger partial charge in [-0.3, -0.25) is 0 Å². The van der Waals surface area contributed by atoms with Gasteiger partial charge in [-0.1, -0.05) is 30.3 Å². The molecule has 2 saturated heterocycles. The van der Waals surface area contributed by atoms with Crippen molar-refractivity contribution in [3.8, 4) is 0 Å². The number of benzene rings is 2. The summed E-state index contributed by atoms with van der Waals surface area (Å²) in [6.07, 6.45) is -0.215. The molecule has 0 bridgehead atoms. The van der Waals surface area contributed by atoms with Crippen LogP contribution in [0.1, 0.15) is 5.56 Å². The minimum atomic E-state index is -0.309. The molecule has 2 aliphatic heterocycles. The van der Waals surface area contributed by atoms with Crippen LogP contribution in [0.3, 0.4) is 0 Å². The number of carbonyl (C=O) groups excluding carboxylic acids is 2. The molecular weight excluding hydrogens is 437 g/mol. The van der Waals surface area contributed by atoms with Gasteiger partial charge in [0.1, 0.15) is 12.4 Å². The average Bonchev–Trinajstić information content (AvgIpc) is 3.43. The van der Waals surface area contributed by atoms with Crippen LogP contribution >= 0.6 is 0 Å². The van der Waals surface area contributed by atoms with E-state index in [1.54, 1.807) is 21.9 Å². The molecule has 2 saturated carbocycles. The van der Waals surface area contributed by atoms with E-state index in [0.29, 0.717) is 42.0 Å². The highest BCUT2D eigenvalue weighted by atomic mass is 19.1. The molecule has 8 nitrogen and oxygen atoms in total. The molecular formula is C25H30FN5O3. The van der Waals surface area contributed by atoms with Crippen molar-refractivity contribution in [3.63, 3.8) is 0 Å². The van der Waals surface area contributed by atoms with E-state index in [4.69, 9.17) is 16.2 Å². The maximum atomic E-state index is 12.7. The summed E-state index contributed by atoms with van der Waals surface area (Å²) in [7, 11) is 0. The van der Waals surface area contributed by atoms with Crippen LogP contribution in [0.5, 0.6) is 0 Å². The number of urea groups is 1. The SMILES string of the molecule is NC1C2CN(C(=O)Nc3ccc(F)cc3)CC12.NC1C2CN(C(=O)OCc3ccccc3)CC12. The number of ether oxygens (including phenoxy) is 1. The number of likely N-dealkylation sites (tertiary alicyclic amines) is 2. The monoisotopic (exact) mass is 467 g/mol. The van der Waals surface area contributed by atoms with Crippen molar-refractivity contribution in [1.29, 1.82) is 0 Å². The van der Waals surface area contributed by atoms with Gasteiger partial charge in [0, 0.05) is 44.0 Å². The van der Waals surface area contributed by atoms with Crippen LogP contribution in [0, 0.1) is 29.5 Å². The second-order valence-corrected chi connectivity index (χ2v) is 9.60. The third-order valence-electron chi connectivity index (χ3n) is 7.37. The van der Waals surface area contributed by atoms with Crippen LogP contribution in [-0.4, -0.2) is 60.2 Å². The Kier molecular flexibility index (Phi) is 6.14. The zero-order chi connectivity index (χ0) is 23.8. The van der Waals surface area contributed by atoms with Crippen molar-refractivity contribution in [2.24, 2.45) is 35.1 Å². The van der Waals surface area contributed by atoms with Crippen LogP contribution in [0.2, 0.25) is 0 Å². The highest BCUT2D eigenvalue weighted by Gasteiger charge is 2.55. The molecule has 9 heteroatoms. The number of halogens is 1. The number of amides is 3. The number of nitrogens with one attached hydrogen (secondary N) is 1. The number of fused-ring (bicyclic) bond motifs is 2. The molecule has 34 heavy (non-hydrogen) atoms. The molecule has 6 rings (SSSR count). The van der Waals surface area contributed by atoms with Crippen molar-refractivity contribution in [2.45, 2.75) is 18.7 Å². The van der Waals surface area contributed by atoms with Crippen LogP contribution in [0.15, 0.2) is 54.6 Å². The van der Waals surface area contributed by atoms with Crippen LogP contribution in [-0.2, 0) is 11.3 Å². The second-order valence-electron chi connectivity index (χ2n) is 9.60. The smallest absolute Gasteiger partial charge is 0.410 e. The Morgan fingerprint density at radius 1 is 0.853 bits per heavy atom. The van der Waals surface area contributed by atoms with E-state index in [2.05, 4.69) is 5.32 Å². The maximum Gasteiger partial charge on any atom is 0.410 e. The lowest BCUT2D eigenvalue weighted by atomic mass is 10.2. The summed E-state index contributed by atoms with van der Waals surface area (Å²) in [4.78, 5) is 27.1. The Morgan fingerprint density at radius 3 is 1.94 bits per heavy atom. The van der Waals surface area contributed by atoms with Crippen molar-refractivity contribution in [2.75, 3.05) is 31.5 Å². The van der Waals surface area contributed by atoms with Gasteiger partial charge >= 0.3 is 12.1 Å². The Morgan fingerprint density at radius 2 is 1.38 bits per heavy atom. The zero-order valence-electron chi connectivity index (χ0n) is 18.8. The van der Waals surface area contributed by atoms with E-state index in [-0.39, 0.29) is 24.0 Å². The normalized spacial score (nSPS) is 30.0. The molecule has 2 aromatic rings. The Hall–Kier alpha value is -3.17. The van der Waals surface area contributed by atoms with Gasteiger partial charge < -0.3 is 31.3 Å². The van der Waals surface area contributed by atoms with Gasteiger partial charge in [-0.15, -0.1) is 0 Å². The van der Waals surface area contributed by atoms with Crippen LogP contribution in [0.4, 0.5) is 19.7 Å². The van der Waals surface area contributed by atoms with E-state index < -0.39 is 0 Å². The number of nitrogens with two attached hydrogens (primary N) is 2. The Balaban J connectivity index is 0.000000142. The molecule has 0 spiro atoms. The average molecular weight is 468 g/mol. The number of nitrogens with zero attached hydrogens (tertiary/aromatic N) is 2. The first-order chi connectivity index (χ1) is 16.4. The summed E-state index contributed by atoms with van der Waals surface area (Å²) in [6.45, 7) is 3.34. The van der Waals surface area contributed by atoms with E-state index in [0.717, 1.165) is 31.7 Å². The lowest BCUT2D eigenvalue weighted by Crippen LogP contribution is -2.36. The fraction of sp³-hybridized carbons (Fsp3) is 0.440. The predicted octanol–water partition coefficient (Wildman–Crippen LogP) is 2.46. The number of hydrogen-bond donors (Lipinski definition) is 3. The van der Waals surface area contributed by atoms with E-state index >= 15 is 0 Å². The molecule has 2 aliphatic carbocycles. The minimum Gasteiger partial charge on any atom is -0.445 e. The summed E-state index contributed by atoms with van der Waals surface area (Å²) >= 11 is 0. The van der Waals surface area contributed by atoms with Crippen LogP contribution in [0.25, 0.3) is 0 Å². The first kappa shape index (κ1) is 22.6. The number of piperidine rings is 2. The molecule has 4 fully saturated rings. The second kappa shape index (κ2) is 9.23. The van der Waals surface area contributed by atoms with E-state index in [1.807, 2.05) is 30.3 Å². The van der Waals surface area contributed by atoms with Gasteiger partial charge in [0.15, 0.2) is 0 Å². The number of carbonyl (C=O) groups is 2. The molecule has 0 radical (unpaired) electrons. The van der Waals surface area contributed by atoms with Gasteiger partial charge in [0.25, 0.3) is 0 Å². The molecule has 0 aromatic heterocycles. The minimum absolute atomic E-state index is 0.129. The molecule has 2 heterocycles. The summed E-state index contributed by atoms with van der Waals surface area (Å²) in [5, 5.41) is 2.75. The highest BCUT2D eigenvalue weighted by Crippen LogP contribution is 2.44. The van der Waals surface area contributed by atoms with Gasteiger partial charge in [0.05, 0.1) is 0 Å². The molecule has 5 N–H and O–H groups in total. The molecule has 3 amide bonds. The van der Waals surface area contributed by atoms with Gasteiger partial charge in [-0.2, -0.15) is 0 Å². The topological polar surface area (TPSA) is 114 Å². The van der Waals surface area contributed by atoms with Crippen molar-refractivity contribution >= 4 is 17.8 Å². The van der Waals surface area contributed by atoms with Crippen molar-refractivity contribution in [3.05, 3.63) is 66.0 Å². The van der Waals surface area contributed by atoms with E-state index in [9.17, 15) is 14.0 Å². The lowest BCUT2D eigenvalue weighted by Gasteiger charge is -2.19. The molecule has 4 unspecified atom stereocenters. The zero-order valence-corrected chi connectivity index (χ0v) is 18.8. The molecule has 4 atom stereocenters. The van der Waals surface area contributed by atoms with Crippen molar-refractivity contribution in [1.82, 2.24) is 9.80 Å². The van der Waals surface area contributed by atoms with E-state index in [1.165, 1.54) is 12.1 Å². The molecule has 180 valence electrons. The van der Waals surface area contributed by atoms with Gasteiger partial charge in [0.2, 0.25) is 0 Å². The fourth-order valence-electron chi connectivity index (χ4n) is 5.01. The van der Waals surface area contributed by atoms with Crippen molar-refractivity contribution < 1.29 is 18.7 Å².